The largest absolute Gasteiger partial charge is 0.472 e. The lowest BCUT2D eigenvalue weighted by atomic mass is 9.40. The lowest BCUT2D eigenvalue weighted by Gasteiger charge is -2.64. The minimum atomic E-state index is -0.761. The molecule has 0 radical (unpaired) electrons. The number of aliphatic hydroxyl groups is 2. The van der Waals surface area contributed by atoms with Crippen LogP contribution < -0.4 is 0 Å². The van der Waals surface area contributed by atoms with Gasteiger partial charge in [-0.2, -0.15) is 0 Å². The average Bonchev–Trinajstić information content (AvgIpc) is 3.55. The molecule has 4 fully saturated rings. The van der Waals surface area contributed by atoms with Crippen molar-refractivity contribution in [2.24, 2.45) is 28.1 Å². The molecule has 11 atom stereocenters. The van der Waals surface area contributed by atoms with Crippen LogP contribution in [0.5, 0.6) is 0 Å². The molecule has 5 aliphatic rings. The minimum Gasteiger partial charge on any atom is -0.472 e. The highest BCUT2D eigenvalue weighted by atomic mass is 16.6. The minimum absolute atomic E-state index is 0.0728. The first-order valence-electron chi connectivity index (χ1n) is 12.5. The molecule has 2 saturated carbocycles. The number of carbonyl (C=O) groups excluding carboxylic acids is 1. The van der Waals surface area contributed by atoms with E-state index >= 15 is 0 Å². The molecule has 1 unspecified atom stereocenters. The number of allylic oxidation sites excluding steroid dienone is 1. The van der Waals surface area contributed by atoms with Gasteiger partial charge in [-0.05, 0) is 36.5 Å². The van der Waals surface area contributed by atoms with E-state index in [9.17, 15) is 15.0 Å². The molecule has 6 rings (SSSR count). The number of ether oxygens (including phenoxy) is 3. The molecule has 2 saturated heterocycles. The van der Waals surface area contributed by atoms with Crippen LogP contribution in [0.1, 0.15) is 58.4 Å². The van der Waals surface area contributed by atoms with Crippen LogP contribution in [0.15, 0.2) is 34.2 Å². The molecule has 186 valence electrons. The van der Waals surface area contributed by atoms with Gasteiger partial charge in [0, 0.05) is 40.9 Å². The van der Waals surface area contributed by atoms with Gasteiger partial charge in [0.25, 0.3) is 0 Å². The van der Waals surface area contributed by atoms with Crippen LogP contribution in [-0.2, 0) is 19.0 Å². The molecule has 34 heavy (non-hydrogen) atoms. The van der Waals surface area contributed by atoms with Crippen LogP contribution in [0.3, 0.4) is 0 Å². The fourth-order valence-electron chi connectivity index (χ4n) is 9.17. The Bertz CT molecular complexity index is 1030. The van der Waals surface area contributed by atoms with Gasteiger partial charge in [-0.25, -0.2) is 0 Å². The van der Waals surface area contributed by atoms with E-state index in [1.807, 2.05) is 6.07 Å². The van der Waals surface area contributed by atoms with Crippen LogP contribution in [0.4, 0.5) is 0 Å². The van der Waals surface area contributed by atoms with Crippen molar-refractivity contribution in [1.82, 2.24) is 0 Å². The van der Waals surface area contributed by atoms with Crippen molar-refractivity contribution in [2.75, 3.05) is 13.7 Å². The maximum Gasteiger partial charge on any atom is 0.305 e. The van der Waals surface area contributed by atoms with Gasteiger partial charge in [0.2, 0.25) is 0 Å². The van der Waals surface area contributed by atoms with Crippen molar-refractivity contribution >= 4 is 5.97 Å². The predicted molar refractivity (Wildman–Crippen MR) is 122 cm³/mol. The fourth-order valence-corrected chi connectivity index (χ4v) is 9.17. The third-order valence-corrected chi connectivity index (χ3v) is 10.7. The average molecular weight is 473 g/mol. The molecule has 1 aromatic heterocycles. The molecule has 3 heterocycles. The Morgan fingerprint density at radius 2 is 1.97 bits per heavy atom. The van der Waals surface area contributed by atoms with Gasteiger partial charge in [0.05, 0.1) is 56.8 Å². The molecule has 1 aromatic rings. The summed E-state index contributed by atoms with van der Waals surface area (Å²) < 4.78 is 23.9. The van der Waals surface area contributed by atoms with Crippen molar-refractivity contribution in [3.63, 3.8) is 0 Å². The normalized spacial score (nSPS) is 51.3. The third-order valence-electron chi connectivity index (χ3n) is 10.7. The summed E-state index contributed by atoms with van der Waals surface area (Å²) >= 11 is 0. The van der Waals surface area contributed by atoms with Crippen LogP contribution in [0.25, 0.3) is 0 Å². The summed E-state index contributed by atoms with van der Waals surface area (Å²) in [4.78, 5) is 12.8. The highest BCUT2D eigenvalue weighted by molar-refractivity contribution is 5.70. The Hall–Kier alpha value is -1.67. The first kappa shape index (κ1) is 22.8. The second kappa shape index (κ2) is 7.19. The molecule has 0 bridgehead atoms. The van der Waals surface area contributed by atoms with Crippen LogP contribution in [0, 0.1) is 28.1 Å². The number of fused-ring (bicyclic) bond motifs is 4. The molecule has 0 amide bonds. The summed E-state index contributed by atoms with van der Waals surface area (Å²) in [6.07, 6.45) is 2.80. The molecular formula is C27H36O7. The van der Waals surface area contributed by atoms with Crippen molar-refractivity contribution in [3.05, 3.63) is 35.3 Å². The number of furan rings is 1. The van der Waals surface area contributed by atoms with Crippen LogP contribution >= 0.6 is 0 Å². The Labute approximate surface area is 200 Å². The van der Waals surface area contributed by atoms with Crippen molar-refractivity contribution in [2.45, 2.75) is 83.4 Å². The quantitative estimate of drug-likeness (QED) is 0.515. The number of rotatable bonds is 3. The lowest BCUT2D eigenvalue weighted by Crippen LogP contribution is -2.70. The van der Waals surface area contributed by atoms with Gasteiger partial charge in [-0.1, -0.05) is 26.3 Å². The molecule has 7 nitrogen and oxygen atoms in total. The van der Waals surface area contributed by atoms with Gasteiger partial charge in [0.1, 0.15) is 0 Å². The molecule has 0 aromatic carbocycles. The zero-order valence-corrected chi connectivity index (χ0v) is 20.6. The maximum absolute atomic E-state index is 12.8. The number of carbonyl (C=O) groups is 1. The monoisotopic (exact) mass is 472 g/mol. The Kier molecular flexibility index (Phi) is 4.81. The number of aliphatic hydroxyl groups excluding tert-OH is 2. The van der Waals surface area contributed by atoms with Gasteiger partial charge < -0.3 is 28.8 Å². The topological polar surface area (TPSA) is 98.4 Å². The molecule has 2 N–H and O–H groups in total. The SMILES string of the molecule is COC(=O)C[C@H]1[C@]2(C)C3=C(C)[C@H](c4ccoc4)C[C@H]3O[C@@H]2[C@@H]2OC[C@@]3(C)C2[C@]1(C)[C@@H](O)C[C@H]3O. The van der Waals surface area contributed by atoms with E-state index in [4.69, 9.17) is 18.6 Å². The molecule has 0 spiro atoms. The smallest absolute Gasteiger partial charge is 0.305 e. The third kappa shape index (κ3) is 2.54. The molecule has 7 heteroatoms. The molecule has 2 aliphatic heterocycles. The van der Waals surface area contributed by atoms with E-state index in [2.05, 4.69) is 27.7 Å². The Morgan fingerprint density at radius 1 is 1.21 bits per heavy atom. The van der Waals surface area contributed by atoms with E-state index in [1.165, 1.54) is 18.3 Å². The summed E-state index contributed by atoms with van der Waals surface area (Å²) in [7, 11) is 1.42. The summed E-state index contributed by atoms with van der Waals surface area (Å²) in [6, 6.07) is 2.01. The molecule has 3 aliphatic carbocycles. The number of methoxy groups -OCH3 is 1. The predicted octanol–water partition coefficient (Wildman–Crippen LogP) is 3.20. The van der Waals surface area contributed by atoms with E-state index in [0.29, 0.717) is 6.61 Å². The summed E-state index contributed by atoms with van der Waals surface area (Å²) in [5.74, 6) is -0.431. The van der Waals surface area contributed by atoms with Crippen molar-refractivity contribution < 1.29 is 33.6 Å². The number of hydrogen-bond acceptors (Lipinski definition) is 7. The van der Waals surface area contributed by atoms with Crippen LogP contribution in [-0.4, -0.2) is 60.4 Å². The highest BCUT2D eigenvalue weighted by Crippen LogP contribution is 2.73. The summed E-state index contributed by atoms with van der Waals surface area (Å²) in [6.45, 7) is 8.98. The van der Waals surface area contributed by atoms with Gasteiger partial charge >= 0.3 is 5.97 Å². The summed E-state index contributed by atoms with van der Waals surface area (Å²) in [5.41, 5.74) is 1.99. The molecular weight excluding hydrogens is 436 g/mol. The van der Waals surface area contributed by atoms with E-state index < -0.39 is 28.5 Å². The summed E-state index contributed by atoms with van der Waals surface area (Å²) in [5, 5.41) is 22.6. The second-order valence-corrected chi connectivity index (χ2v) is 12.0. The van der Waals surface area contributed by atoms with E-state index in [1.54, 1.807) is 12.5 Å². The van der Waals surface area contributed by atoms with E-state index in [-0.39, 0.29) is 54.9 Å². The van der Waals surface area contributed by atoms with Gasteiger partial charge in [0.15, 0.2) is 0 Å². The van der Waals surface area contributed by atoms with Gasteiger partial charge in [-0.15, -0.1) is 0 Å². The van der Waals surface area contributed by atoms with Crippen molar-refractivity contribution in [3.8, 4) is 0 Å². The first-order valence-corrected chi connectivity index (χ1v) is 12.5. The van der Waals surface area contributed by atoms with E-state index in [0.717, 1.165) is 12.0 Å². The number of esters is 1. The highest BCUT2D eigenvalue weighted by Gasteiger charge is 2.77. The van der Waals surface area contributed by atoms with Crippen LogP contribution in [0.2, 0.25) is 0 Å². The Morgan fingerprint density at radius 3 is 2.65 bits per heavy atom. The Balaban J connectivity index is 1.54. The zero-order valence-electron chi connectivity index (χ0n) is 20.6. The lowest BCUT2D eigenvalue weighted by molar-refractivity contribution is -0.243. The zero-order chi connectivity index (χ0) is 24.2. The van der Waals surface area contributed by atoms with Crippen molar-refractivity contribution in [1.29, 1.82) is 0 Å². The number of hydrogen-bond donors (Lipinski definition) is 2. The second-order valence-electron chi connectivity index (χ2n) is 12.0. The van der Waals surface area contributed by atoms with Gasteiger partial charge in [-0.3, -0.25) is 4.79 Å². The fraction of sp³-hybridized carbons (Fsp3) is 0.741. The maximum atomic E-state index is 12.8. The standard InChI is InChI=1S/C27H36O7/c1-13-15(14-6-7-32-11-14)8-16-21(13)27(4)17(9-20(30)31-5)26(3)19(29)10-18(28)25(2)12-33-22(23(25)26)24(27)34-16/h6-7,11,15-19,22-24,28-29H,8-10,12H2,1-5H3/t15-,16-,17-,18-,19+,22-,23?,24-,25-,26+,27-/m1/s1. The first-order chi connectivity index (χ1) is 16.1.